The Bertz CT molecular complexity index is 1720. The van der Waals surface area contributed by atoms with E-state index in [1.807, 2.05) is 0 Å². The zero-order valence-electron chi connectivity index (χ0n) is 22.8. The van der Waals surface area contributed by atoms with Crippen LogP contribution < -0.4 is 10.2 Å². The number of aliphatic hydroxyl groups is 7. The molecule has 3 aromatic rings. The molecule has 248 valence electrons. The predicted octanol–water partition coefficient (Wildman–Crippen LogP) is -3.48. The second-order valence-electron chi connectivity index (χ2n) is 10.4. The quantitative estimate of drug-likeness (QED) is 0.0698. The molecule has 0 radical (unpaired) electrons. The van der Waals surface area contributed by atoms with Gasteiger partial charge in [0.2, 0.25) is 24.5 Å². The molecule has 19 nitrogen and oxygen atoms in total. The third kappa shape index (κ3) is 5.77. The van der Waals surface area contributed by atoms with Gasteiger partial charge in [0.05, 0.1) is 0 Å². The van der Waals surface area contributed by atoms with Gasteiger partial charge in [-0.2, -0.15) is 0 Å². The van der Waals surface area contributed by atoms with Gasteiger partial charge in [0.1, 0.15) is 58.7 Å². The Labute approximate surface area is 254 Å². The Balaban J connectivity index is 1.39. The van der Waals surface area contributed by atoms with E-state index in [1.54, 1.807) is 0 Å². The minimum absolute atomic E-state index is 0.110. The number of rotatable bonds is 6. The van der Waals surface area contributed by atoms with Gasteiger partial charge >= 0.3 is 11.9 Å². The highest BCUT2D eigenvalue weighted by atomic mass is 16.8. The Morgan fingerprint density at radius 2 is 1.48 bits per heavy atom. The van der Waals surface area contributed by atoms with Gasteiger partial charge in [0, 0.05) is 23.8 Å². The third-order valence-corrected chi connectivity index (χ3v) is 7.25. The maximum absolute atomic E-state index is 12.9. The van der Waals surface area contributed by atoms with Crippen LogP contribution in [0.25, 0.3) is 22.3 Å². The van der Waals surface area contributed by atoms with Crippen molar-refractivity contribution in [2.24, 2.45) is 0 Å². The number of carboxylic acids is 1. The molecular formula is C27H26O19. The molecule has 0 bridgehead atoms. The summed E-state index contributed by atoms with van der Waals surface area (Å²) < 4.78 is 25.9. The zero-order chi connectivity index (χ0) is 33.8. The number of carboxylic acid groups (broad SMARTS) is 1. The first kappa shape index (κ1) is 32.8. The number of benzene rings is 2. The molecule has 1 aromatic heterocycles. The fourth-order valence-corrected chi connectivity index (χ4v) is 4.79. The normalized spacial score (nSPS) is 30.9. The minimum atomic E-state index is -3.51. The topological polar surface area (TPSA) is 324 Å². The van der Waals surface area contributed by atoms with E-state index in [9.17, 15) is 70.6 Å². The molecule has 0 aliphatic carbocycles. The number of aliphatic hydroxyl groups excluding tert-OH is 5. The SMILES string of the molecule is O=C(O[C@@H]1O[C@H](C(=O)O)C(O)(O)[C@H](O)[C@H]1O)[C@H]1O[C@@H](Oc2cc(O)c3c(=O)cc(-c4ccc(O)c(O)c4)oc3c2)[C@H](O)[C@@H](O)[C@@H]1O. The number of carbonyl (C=O) groups is 2. The van der Waals surface area contributed by atoms with E-state index in [0.717, 1.165) is 30.3 Å². The molecule has 2 fully saturated rings. The van der Waals surface area contributed by atoms with E-state index < -0.39 is 95.7 Å². The van der Waals surface area contributed by atoms with Crippen LogP contribution in [-0.2, 0) is 23.8 Å². The third-order valence-electron chi connectivity index (χ3n) is 7.25. The molecule has 2 aliphatic heterocycles. The van der Waals surface area contributed by atoms with Gasteiger partial charge in [0.15, 0.2) is 23.0 Å². The molecule has 0 amide bonds. The Morgan fingerprint density at radius 3 is 2.13 bits per heavy atom. The molecule has 2 saturated heterocycles. The molecule has 46 heavy (non-hydrogen) atoms. The van der Waals surface area contributed by atoms with Crippen LogP contribution in [-0.4, -0.2) is 129 Å². The summed E-state index contributed by atoms with van der Waals surface area (Å²) in [6, 6.07) is 6.50. The number of carbonyl (C=O) groups excluding carboxylic acids is 1. The van der Waals surface area contributed by atoms with E-state index in [0.29, 0.717) is 0 Å². The van der Waals surface area contributed by atoms with Gasteiger partial charge in [-0.25, -0.2) is 9.59 Å². The average Bonchev–Trinajstić information content (AvgIpc) is 2.98. The van der Waals surface area contributed by atoms with Gasteiger partial charge in [-0.15, -0.1) is 0 Å². The van der Waals surface area contributed by atoms with Crippen molar-refractivity contribution in [3.8, 4) is 34.3 Å². The molecule has 0 spiro atoms. The highest BCUT2D eigenvalue weighted by molar-refractivity contribution is 5.86. The summed E-state index contributed by atoms with van der Waals surface area (Å²) in [4.78, 5) is 37.0. The summed E-state index contributed by atoms with van der Waals surface area (Å²) in [5.41, 5.74) is -0.863. The molecule has 0 saturated carbocycles. The average molecular weight is 654 g/mol. The number of esters is 1. The molecule has 2 aromatic carbocycles. The summed E-state index contributed by atoms with van der Waals surface area (Å²) in [6.07, 6.45) is -20.8. The first-order valence-electron chi connectivity index (χ1n) is 13.1. The molecule has 19 heteroatoms. The largest absolute Gasteiger partial charge is 0.507 e. The van der Waals surface area contributed by atoms with Gasteiger partial charge < -0.3 is 79.5 Å². The summed E-state index contributed by atoms with van der Waals surface area (Å²) in [5, 5.41) is 110. The van der Waals surface area contributed by atoms with Gasteiger partial charge in [0.25, 0.3) is 0 Å². The molecule has 3 heterocycles. The summed E-state index contributed by atoms with van der Waals surface area (Å²) in [7, 11) is 0. The summed E-state index contributed by atoms with van der Waals surface area (Å²) in [6.45, 7) is 0. The van der Waals surface area contributed by atoms with Crippen molar-refractivity contribution in [3.05, 3.63) is 46.6 Å². The van der Waals surface area contributed by atoms with Crippen LogP contribution in [0.1, 0.15) is 0 Å². The first-order chi connectivity index (χ1) is 21.5. The van der Waals surface area contributed by atoms with Gasteiger partial charge in [-0.3, -0.25) is 4.79 Å². The maximum Gasteiger partial charge on any atom is 0.340 e. The summed E-state index contributed by atoms with van der Waals surface area (Å²) in [5.74, 6) is -9.32. The number of fused-ring (bicyclic) bond motifs is 1. The molecule has 5 rings (SSSR count). The smallest absolute Gasteiger partial charge is 0.340 e. The lowest BCUT2D eigenvalue weighted by molar-refractivity contribution is -0.372. The minimum Gasteiger partial charge on any atom is -0.507 e. The van der Waals surface area contributed by atoms with Crippen LogP contribution in [0.3, 0.4) is 0 Å². The maximum atomic E-state index is 12.9. The van der Waals surface area contributed by atoms with Crippen molar-refractivity contribution in [2.45, 2.75) is 61.1 Å². The van der Waals surface area contributed by atoms with Crippen LogP contribution in [0, 0.1) is 0 Å². The second-order valence-corrected chi connectivity index (χ2v) is 10.4. The van der Waals surface area contributed by atoms with E-state index in [-0.39, 0.29) is 28.0 Å². The highest BCUT2D eigenvalue weighted by Gasteiger charge is 2.59. The zero-order valence-corrected chi connectivity index (χ0v) is 22.8. The van der Waals surface area contributed by atoms with Crippen molar-refractivity contribution in [1.82, 2.24) is 0 Å². The Hall–Kier alpha value is -4.57. The van der Waals surface area contributed by atoms with Crippen molar-refractivity contribution in [3.63, 3.8) is 0 Å². The van der Waals surface area contributed by atoms with Crippen LogP contribution in [0.4, 0.5) is 0 Å². The second kappa shape index (κ2) is 12.0. The first-order valence-corrected chi connectivity index (χ1v) is 13.1. The van der Waals surface area contributed by atoms with Gasteiger partial charge in [-0.05, 0) is 18.2 Å². The fourth-order valence-electron chi connectivity index (χ4n) is 4.79. The van der Waals surface area contributed by atoms with Crippen LogP contribution in [0.15, 0.2) is 45.6 Å². The van der Waals surface area contributed by atoms with Gasteiger partial charge in [-0.1, -0.05) is 0 Å². The number of aromatic hydroxyl groups is 3. The molecular weight excluding hydrogens is 628 g/mol. The Morgan fingerprint density at radius 1 is 0.783 bits per heavy atom. The van der Waals surface area contributed by atoms with E-state index in [4.69, 9.17) is 23.4 Å². The standard InChI is InChI=1S/C27H26O19/c28-9-2-1-7(3-10(9)29)13-6-12(31)15-11(30)4-8(5-14(15)43-13)42-25-18(34)16(32)17(33)20(44-25)24(39)46-26-19(35)21(36)27(40,41)22(45-26)23(37)38/h1-6,16-22,25-26,28-30,32-36,40-41H,(H,37,38)/t16-,17-,18+,19+,20-,21+,22+,25+,26-/m0/s1. The number of aliphatic carboxylic acids is 1. The molecule has 11 N–H and O–H groups in total. The van der Waals surface area contributed by atoms with E-state index in [1.165, 1.54) is 6.07 Å². The van der Waals surface area contributed by atoms with Crippen LogP contribution in [0.5, 0.6) is 23.0 Å². The van der Waals surface area contributed by atoms with E-state index in [2.05, 4.69) is 0 Å². The van der Waals surface area contributed by atoms with Crippen LogP contribution >= 0.6 is 0 Å². The van der Waals surface area contributed by atoms with Crippen molar-refractivity contribution >= 4 is 22.9 Å². The highest BCUT2D eigenvalue weighted by Crippen LogP contribution is 2.36. The molecule has 9 atom stereocenters. The fraction of sp³-hybridized carbons (Fsp3) is 0.370. The van der Waals surface area contributed by atoms with E-state index >= 15 is 0 Å². The number of ether oxygens (including phenoxy) is 4. The Kier molecular flexibility index (Phi) is 8.55. The van der Waals surface area contributed by atoms with Crippen LogP contribution in [0.2, 0.25) is 0 Å². The lowest BCUT2D eigenvalue weighted by atomic mass is 9.95. The number of hydrogen-bond donors (Lipinski definition) is 11. The van der Waals surface area contributed by atoms with Crippen molar-refractivity contribution in [2.75, 3.05) is 0 Å². The van der Waals surface area contributed by atoms with Crippen molar-refractivity contribution in [1.29, 1.82) is 0 Å². The monoisotopic (exact) mass is 654 g/mol. The van der Waals surface area contributed by atoms with Crippen molar-refractivity contribution < 1.29 is 89.1 Å². The predicted molar refractivity (Wildman–Crippen MR) is 142 cm³/mol. The summed E-state index contributed by atoms with van der Waals surface area (Å²) >= 11 is 0. The number of phenols is 3. The molecule has 2 aliphatic rings. The lowest BCUT2D eigenvalue weighted by Crippen LogP contribution is -2.69. The number of phenolic OH excluding ortho intramolecular Hbond substituents is 3. The number of hydrogen-bond acceptors (Lipinski definition) is 18. The lowest BCUT2D eigenvalue weighted by Gasteiger charge is -2.43. The molecule has 0 unspecified atom stereocenters.